The SMILES string of the molecule is FC(F)(F)c1ccccc1CN1CCN(c2ccnc(N3CCOCC3)n2)CC1. The highest BCUT2D eigenvalue weighted by atomic mass is 19.4. The molecule has 156 valence electrons. The number of rotatable bonds is 4. The normalized spacial score (nSPS) is 18.9. The van der Waals surface area contributed by atoms with Crippen LogP contribution in [0.15, 0.2) is 36.5 Å². The first kappa shape index (κ1) is 19.9. The first-order valence-corrected chi connectivity index (χ1v) is 9.79. The molecular formula is C20H24F3N5O. The Balaban J connectivity index is 1.38. The van der Waals surface area contributed by atoms with Crippen molar-refractivity contribution in [3.8, 4) is 0 Å². The Morgan fingerprint density at radius 2 is 1.62 bits per heavy atom. The fourth-order valence-corrected chi connectivity index (χ4v) is 3.74. The molecule has 29 heavy (non-hydrogen) atoms. The molecule has 6 nitrogen and oxygen atoms in total. The van der Waals surface area contributed by atoms with E-state index in [1.54, 1.807) is 18.3 Å². The number of ether oxygens (including phenoxy) is 1. The van der Waals surface area contributed by atoms with Crippen LogP contribution in [0.25, 0.3) is 0 Å². The summed E-state index contributed by atoms with van der Waals surface area (Å²) in [6, 6.07) is 7.70. The van der Waals surface area contributed by atoms with Gasteiger partial charge in [-0.25, -0.2) is 4.98 Å². The Labute approximate surface area is 167 Å². The van der Waals surface area contributed by atoms with Crippen molar-refractivity contribution >= 4 is 11.8 Å². The number of hydrogen-bond acceptors (Lipinski definition) is 6. The van der Waals surface area contributed by atoms with Crippen LogP contribution in [-0.2, 0) is 17.5 Å². The summed E-state index contributed by atoms with van der Waals surface area (Å²) >= 11 is 0. The van der Waals surface area contributed by atoms with Gasteiger partial charge >= 0.3 is 6.18 Å². The highest BCUT2D eigenvalue weighted by Crippen LogP contribution is 2.32. The monoisotopic (exact) mass is 407 g/mol. The second-order valence-electron chi connectivity index (χ2n) is 7.23. The molecule has 2 aliphatic rings. The van der Waals surface area contributed by atoms with Crippen molar-refractivity contribution in [2.45, 2.75) is 12.7 Å². The first-order valence-electron chi connectivity index (χ1n) is 9.79. The van der Waals surface area contributed by atoms with E-state index in [1.807, 2.05) is 6.07 Å². The number of anilines is 2. The third kappa shape index (κ3) is 4.79. The number of alkyl halides is 3. The van der Waals surface area contributed by atoms with Crippen molar-refractivity contribution in [2.75, 3.05) is 62.3 Å². The van der Waals surface area contributed by atoms with Crippen molar-refractivity contribution in [3.63, 3.8) is 0 Å². The largest absolute Gasteiger partial charge is 0.416 e. The van der Waals surface area contributed by atoms with Crippen LogP contribution in [-0.4, -0.2) is 67.4 Å². The van der Waals surface area contributed by atoms with Gasteiger partial charge < -0.3 is 14.5 Å². The minimum absolute atomic E-state index is 0.298. The van der Waals surface area contributed by atoms with E-state index in [0.717, 1.165) is 25.0 Å². The fraction of sp³-hybridized carbons (Fsp3) is 0.500. The Kier molecular flexibility index (Phi) is 5.86. The molecule has 2 saturated heterocycles. The minimum atomic E-state index is -4.32. The summed E-state index contributed by atoms with van der Waals surface area (Å²) < 4.78 is 45.0. The molecule has 2 aromatic rings. The van der Waals surface area contributed by atoms with Gasteiger partial charge in [0, 0.05) is 52.0 Å². The Bertz CT molecular complexity index is 818. The van der Waals surface area contributed by atoms with E-state index in [0.29, 0.717) is 57.4 Å². The van der Waals surface area contributed by atoms with Gasteiger partial charge in [-0.2, -0.15) is 18.2 Å². The van der Waals surface area contributed by atoms with Crippen molar-refractivity contribution in [1.29, 1.82) is 0 Å². The number of hydrogen-bond donors (Lipinski definition) is 0. The van der Waals surface area contributed by atoms with Crippen LogP contribution in [0, 0.1) is 0 Å². The molecule has 9 heteroatoms. The summed E-state index contributed by atoms with van der Waals surface area (Å²) in [5.74, 6) is 1.56. The average molecular weight is 407 g/mol. The van der Waals surface area contributed by atoms with Crippen LogP contribution in [0.2, 0.25) is 0 Å². The number of morpholine rings is 1. The molecule has 0 bridgehead atoms. The molecular weight excluding hydrogens is 383 g/mol. The predicted octanol–water partition coefficient (Wildman–Crippen LogP) is 2.65. The molecule has 0 saturated carbocycles. The molecule has 0 aliphatic carbocycles. The fourth-order valence-electron chi connectivity index (χ4n) is 3.74. The molecule has 0 spiro atoms. The third-order valence-corrected chi connectivity index (χ3v) is 5.34. The van der Waals surface area contributed by atoms with Gasteiger partial charge in [0.15, 0.2) is 0 Å². The van der Waals surface area contributed by atoms with Crippen molar-refractivity contribution in [1.82, 2.24) is 14.9 Å². The highest BCUT2D eigenvalue weighted by molar-refractivity contribution is 5.44. The van der Waals surface area contributed by atoms with Crippen molar-refractivity contribution in [3.05, 3.63) is 47.7 Å². The zero-order valence-corrected chi connectivity index (χ0v) is 16.1. The predicted molar refractivity (Wildman–Crippen MR) is 104 cm³/mol. The summed E-state index contributed by atoms with van der Waals surface area (Å²) in [6.45, 7) is 5.99. The number of nitrogens with zero attached hydrogens (tertiary/aromatic N) is 5. The first-order chi connectivity index (χ1) is 14.0. The maximum atomic E-state index is 13.2. The van der Waals surface area contributed by atoms with E-state index in [9.17, 15) is 13.2 Å². The quantitative estimate of drug-likeness (QED) is 0.777. The zero-order chi connectivity index (χ0) is 20.3. The number of piperazine rings is 1. The van der Waals surface area contributed by atoms with E-state index in [-0.39, 0.29) is 0 Å². The summed E-state index contributed by atoms with van der Waals surface area (Å²) in [7, 11) is 0. The van der Waals surface area contributed by atoms with Gasteiger partial charge in [-0.3, -0.25) is 4.90 Å². The topological polar surface area (TPSA) is 44.7 Å². The summed E-state index contributed by atoms with van der Waals surface area (Å²) in [5.41, 5.74) is -0.224. The molecule has 0 N–H and O–H groups in total. The molecule has 1 aromatic heterocycles. The second-order valence-corrected chi connectivity index (χ2v) is 7.23. The average Bonchev–Trinajstić information content (AvgIpc) is 2.75. The van der Waals surface area contributed by atoms with Crippen molar-refractivity contribution in [2.24, 2.45) is 0 Å². The third-order valence-electron chi connectivity index (χ3n) is 5.34. The van der Waals surface area contributed by atoms with E-state index in [4.69, 9.17) is 9.72 Å². The summed E-state index contributed by atoms with van der Waals surface area (Å²) in [5, 5.41) is 0. The second kappa shape index (κ2) is 8.54. The Morgan fingerprint density at radius 3 is 2.34 bits per heavy atom. The van der Waals surface area contributed by atoms with Crippen molar-refractivity contribution < 1.29 is 17.9 Å². The molecule has 2 fully saturated rings. The zero-order valence-electron chi connectivity index (χ0n) is 16.1. The number of benzene rings is 1. The van der Waals surface area contributed by atoms with Crippen LogP contribution in [0.3, 0.4) is 0 Å². The van der Waals surface area contributed by atoms with E-state index < -0.39 is 11.7 Å². The lowest BCUT2D eigenvalue weighted by atomic mass is 10.1. The van der Waals surface area contributed by atoms with Crippen LogP contribution in [0.4, 0.5) is 24.9 Å². The van der Waals surface area contributed by atoms with Crippen LogP contribution in [0.5, 0.6) is 0 Å². The molecule has 3 heterocycles. The summed E-state index contributed by atoms with van der Waals surface area (Å²) in [4.78, 5) is 15.4. The maximum absolute atomic E-state index is 13.2. The summed E-state index contributed by atoms with van der Waals surface area (Å²) in [6.07, 6.45) is -2.56. The Hall–Kier alpha value is -2.39. The lowest BCUT2D eigenvalue weighted by Crippen LogP contribution is -2.46. The van der Waals surface area contributed by atoms with Gasteiger partial charge in [-0.05, 0) is 17.7 Å². The van der Waals surface area contributed by atoms with Gasteiger partial charge in [-0.1, -0.05) is 18.2 Å². The van der Waals surface area contributed by atoms with Gasteiger partial charge in [0.1, 0.15) is 5.82 Å². The number of halogens is 3. The Morgan fingerprint density at radius 1 is 0.897 bits per heavy atom. The van der Waals surface area contributed by atoms with Gasteiger partial charge in [-0.15, -0.1) is 0 Å². The van der Waals surface area contributed by atoms with Crippen LogP contribution < -0.4 is 9.80 Å². The van der Waals surface area contributed by atoms with Gasteiger partial charge in [0.25, 0.3) is 0 Å². The van der Waals surface area contributed by atoms with Gasteiger partial charge in [0.2, 0.25) is 5.95 Å². The molecule has 0 radical (unpaired) electrons. The highest BCUT2D eigenvalue weighted by Gasteiger charge is 2.33. The molecule has 1 aromatic carbocycles. The van der Waals surface area contributed by atoms with Crippen LogP contribution >= 0.6 is 0 Å². The van der Waals surface area contributed by atoms with E-state index in [1.165, 1.54) is 6.07 Å². The van der Waals surface area contributed by atoms with Crippen LogP contribution in [0.1, 0.15) is 11.1 Å². The van der Waals surface area contributed by atoms with E-state index >= 15 is 0 Å². The molecule has 2 aliphatic heterocycles. The standard InChI is InChI=1S/C20H24F3N5O/c21-20(22,23)17-4-2-1-3-16(17)15-26-7-9-27(10-8-26)18-5-6-24-19(25-18)28-11-13-29-14-12-28/h1-6H,7-15H2. The molecule has 0 atom stereocenters. The minimum Gasteiger partial charge on any atom is -0.378 e. The van der Waals surface area contributed by atoms with E-state index in [2.05, 4.69) is 19.7 Å². The lowest BCUT2D eigenvalue weighted by molar-refractivity contribution is -0.138. The molecule has 0 amide bonds. The maximum Gasteiger partial charge on any atom is 0.416 e. The van der Waals surface area contributed by atoms with Gasteiger partial charge in [0.05, 0.1) is 18.8 Å². The number of aromatic nitrogens is 2. The smallest absolute Gasteiger partial charge is 0.378 e. The lowest BCUT2D eigenvalue weighted by Gasteiger charge is -2.36. The molecule has 4 rings (SSSR count). The molecule has 0 unspecified atom stereocenters.